The number of benzene rings is 1. The van der Waals surface area contributed by atoms with Gasteiger partial charge in [-0.25, -0.2) is 17.9 Å². The van der Waals surface area contributed by atoms with Gasteiger partial charge in [0.05, 0.1) is 21.2 Å². The molecule has 0 fully saturated rings. The van der Waals surface area contributed by atoms with E-state index >= 15 is 0 Å². The Bertz CT molecular complexity index is 1060. The highest BCUT2D eigenvalue weighted by molar-refractivity contribution is 7.91. The maximum Gasteiger partial charge on any atom is 0.272 e. The highest BCUT2D eigenvalue weighted by atomic mass is 32.2. The zero-order valence-corrected chi connectivity index (χ0v) is 13.3. The highest BCUT2D eigenvalue weighted by Gasteiger charge is 2.18. The first kappa shape index (κ1) is 16.2. The molecule has 2 heterocycles. The minimum Gasteiger partial charge on any atom is -0.453 e. The molecule has 2 aromatic heterocycles. The van der Waals surface area contributed by atoms with Crippen LogP contribution >= 0.6 is 11.3 Å². The smallest absolute Gasteiger partial charge is 0.272 e. The van der Waals surface area contributed by atoms with Gasteiger partial charge in [-0.05, 0) is 12.1 Å². The summed E-state index contributed by atoms with van der Waals surface area (Å²) in [5.41, 5.74) is -0.0868. The van der Waals surface area contributed by atoms with Gasteiger partial charge in [-0.2, -0.15) is 0 Å². The molecular formula is C13H8FN3O5S2. The van der Waals surface area contributed by atoms with E-state index in [9.17, 15) is 22.9 Å². The van der Waals surface area contributed by atoms with Gasteiger partial charge in [0.25, 0.3) is 5.69 Å². The number of fused-ring (bicyclic) bond motifs is 1. The van der Waals surface area contributed by atoms with E-state index in [1.54, 1.807) is 0 Å². The molecule has 0 atom stereocenters. The van der Waals surface area contributed by atoms with Crippen molar-refractivity contribution in [3.8, 4) is 11.5 Å². The molecule has 0 aliphatic heterocycles. The summed E-state index contributed by atoms with van der Waals surface area (Å²) >= 11 is 0.833. The van der Waals surface area contributed by atoms with Crippen molar-refractivity contribution >= 4 is 37.3 Å². The van der Waals surface area contributed by atoms with Gasteiger partial charge in [0, 0.05) is 18.3 Å². The lowest BCUT2D eigenvalue weighted by molar-refractivity contribution is -0.385. The monoisotopic (exact) mass is 369 g/mol. The number of hydrogen-bond donors (Lipinski definition) is 1. The Hall–Kier alpha value is -2.63. The highest BCUT2D eigenvalue weighted by Crippen LogP contribution is 2.37. The average Bonchev–Trinajstić information content (AvgIpc) is 2.94. The van der Waals surface area contributed by atoms with Crippen molar-refractivity contribution in [2.75, 3.05) is 0 Å². The van der Waals surface area contributed by atoms with Crippen LogP contribution in [-0.4, -0.2) is 18.3 Å². The molecule has 0 unspecified atom stereocenters. The number of hydrogen-bond acceptors (Lipinski definition) is 7. The number of pyridine rings is 1. The first-order valence-electron chi connectivity index (χ1n) is 6.29. The molecule has 124 valence electrons. The van der Waals surface area contributed by atoms with Crippen molar-refractivity contribution in [3.63, 3.8) is 0 Å². The number of primary sulfonamides is 1. The fraction of sp³-hybridized carbons (Fsp3) is 0. The summed E-state index contributed by atoms with van der Waals surface area (Å²) in [7, 11) is -3.90. The minimum absolute atomic E-state index is 0.106. The summed E-state index contributed by atoms with van der Waals surface area (Å²) < 4.78 is 42.5. The van der Waals surface area contributed by atoms with Crippen LogP contribution in [0.3, 0.4) is 0 Å². The fourth-order valence-corrected chi connectivity index (χ4v) is 3.71. The molecular weight excluding hydrogens is 361 g/mol. The zero-order valence-electron chi connectivity index (χ0n) is 11.7. The molecule has 0 bridgehead atoms. The van der Waals surface area contributed by atoms with E-state index < -0.39 is 26.5 Å². The fourth-order valence-electron chi connectivity index (χ4n) is 1.92. The van der Waals surface area contributed by atoms with Crippen molar-refractivity contribution in [2.45, 2.75) is 4.21 Å². The number of halogens is 1. The van der Waals surface area contributed by atoms with Crippen molar-refractivity contribution < 1.29 is 22.5 Å². The summed E-state index contributed by atoms with van der Waals surface area (Å²) in [5, 5.41) is 15.7. The maximum atomic E-state index is 13.9. The third-order valence-corrected chi connectivity index (χ3v) is 5.54. The predicted octanol–water partition coefficient (Wildman–Crippen LogP) is 2.78. The van der Waals surface area contributed by atoms with Crippen LogP contribution in [0.4, 0.5) is 10.1 Å². The number of sulfonamides is 1. The summed E-state index contributed by atoms with van der Waals surface area (Å²) in [6.07, 6.45) is 1.36. The summed E-state index contributed by atoms with van der Waals surface area (Å²) in [6.45, 7) is 0. The Morgan fingerprint density at radius 1 is 1.25 bits per heavy atom. The molecule has 0 aliphatic rings. The quantitative estimate of drug-likeness (QED) is 0.557. The molecule has 1 aromatic carbocycles. The van der Waals surface area contributed by atoms with Crippen LogP contribution in [0.25, 0.3) is 10.2 Å². The molecule has 0 saturated carbocycles. The standard InChI is InChI=1S/C13H8FN3O5S2/c14-8-5-7(17(18)19)1-2-10(8)22-11-3-4-16-9-6-12(23-13(9)11)24(15,20)21/h1-6H,(H2,15,20,21). The summed E-state index contributed by atoms with van der Waals surface area (Å²) in [5.74, 6) is -0.997. The van der Waals surface area contributed by atoms with E-state index in [0.29, 0.717) is 10.2 Å². The third-order valence-electron chi connectivity index (χ3n) is 2.98. The van der Waals surface area contributed by atoms with Crippen LogP contribution < -0.4 is 9.88 Å². The Morgan fingerprint density at radius 2 is 2.00 bits per heavy atom. The summed E-state index contributed by atoms with van der Waals surface area (Å²) in [4.78, 5) is 13.9. The van der Waals surface area contributed by atoms with Crippen LogP contribution in [0.5, 0.6) is 11.5 Å². The Labute approximate surface area is 138 Å². The van der Waals surface area contributed by atoms with Crippen LogP contribution in [0.2, 0.25) is 0 Å². The number of rotatable bonds is 4. The maximum absolute atomic E-state index is 13.9. The molecule has 0 amide bonds. The number of nitro benzene ring substituents is 1. The van der Waals surface area contributed by atoms with Gasteiger partial charge in [-0.1, -0.05) is 0 Å². The van der Waals surface area contributed by atoms with Crippen LogP contribution in [0, 0.1) is 15.9 Å². The van der Waals surface area contributed by atoms with Crippen molar-refractivity contribution in [2.24, 2.45) is 5.14 Å². The number of ether oxygens (including phenoxy) is 1. The molecule has 11 heteroatoms. The zero-order chi connectivity index (χ0) is 17.5. The number of nitrogens with two attached hydrogens (primary N) is 1. The van der Waals surface area contributed by atoms with Crippen molar-refractivity contribution in [1.29, 1.82) is 0 Å². The molecule has 8 nitrogen and oxygen atoms in total. The number of aromatic nitrogens is 1. The van der Waals surface area contributed by atoms with Gasteiger partial charge < -0.3 is 4.74 Å². The second kappa shape index (κ2) is 5.78. The van der Waals surface area contributed by atoms with Crippen molar-refractivity contribution in [1.82, 2.24) is 4.98 Å². The van der Waals surface area contributed by atoms with E-state index in [0.717, 1.165) is 29.5 Å². The van der Waals surface area contributed by atoms with E-state index in [-0.39, 0.29) is 15.7 Å². The molecule has 0 aliphatic carbocycles. The van der Waals surface area contributed by atoms with Gasteiger partial charge in [-0.3, -0.25) is 15.1 Å². The average molecular weight is 369 g/mol. The molecule has 0 spiro atoms. The first-order chi connectivity index (χ1) is 11.3. The van der Waals surface area contributed by atoms with E-state index in [1.807, 2.05) is 0 Å². The second-order valence-electron chi connectivity index (χ2n) is 4.61. The van der Waals surface area contributed by atoms with E-state index in [2.05, 4.69) is 4.98 Å². The normalized spacial score (nSPS) is 11.6. The van der Waals surface area contributed by atoms with Gasteiger partial charge in [0.2, 0.25) is 10.0 Å². The topological polar surface area (TPSA) is 125 Å². The lowest BCUT2D eigenvalue weighted by atomic mass is 10.3. The molecule has 2 N–H and O–H groups in total. The molecule has 24 heavy (non-hydrogen) atoms. The number of thiophene rings is 1. The van der Waals surface area contributed by atoms with Gasteiger partial charge in [0.1, 0.15) is 9.96 Å². The number of non-ortho nitro benzene ring substituents is 1. The number of nitrogens with zero attached hydrogens (tertiary/aromatic N) is 2. The molecule has 0 radical (unpaired) electrons. The van der Waals surface area contributed by atoms with E-state index in [4.69, 9.17) is 9.88 Å². The SMILES string of the molecule is NS(=O)(=O)c1cc2nccc(Oc3ccc([N+](=O)[O-])cc3F)c2s1. The van der Waals surface area contributed by atoms with Crippen LogP contribution in [0.1, 0.15) is 0 Å². The lowest BCUT2D eigenvalue weighted by Crippen LogP contribution is -2.09. The molecule has 3 aromatic rings. The lowest BCUT2D eigenvalue weighted by Gasteiger charge is -2.07. The van der Waals surface area contributed by atoms with Crippen LogP contribution in [-0.2, 0) is 10.0 Å². The van der Waals surface area contributed by atoms with Gasteiger partial charge in [0.15, 0.2) is 11.6 Å². The molecule has 0 saturated heterocycles. The largest absolute Gasteiger partial charge is 0.453 e. The Morgan fingerprint density at radius 3 is 2.62 bits per heavy atom. The van der Waals surface area contributed by atoms with Gasteiger partial charge in [-0.15, -0.1) is 11.3 Å². The minimum atomic E-state index is -3.90. The summed E-state index contributed by atoms with van der Waals surface area (Å²) in [6, 6.07) is 5.66. The van der Waals surface area contributed by atoms with Gasteiger partial charge >= 0.3 is 0 Å². The van der Waals surface area contributed by atoms with Crippen molar-refractivity contribution in [3.05, 3.63) is 52.5 Å². The second-order valence-corrected chi connectivity index (χ2v) is 7.45. The third kappa shape index (κ3) is 3.04. The van der Waals surface area contributed by atoms with Crippen LogP contribution in [0.15, 0.2) is 40.7 Å². The number of nitro groups is 1. The Balaban J connectivity index is 2.04. The molecule has 3 rings (SSSR count). The Kier molecular flexibility index (Phi) is 3.91. The predicted molar refractivity (Wildman–Crippen MR) is 84.1 cm³/mol. The van der Waals surface area contributed by atoms with E-state index in [1.165, 1.54) is 18.3 Å². The first-order valence-corrected chi connectivity index (χ1v) is 8.65.